The van der Waals surface area contributed by atoms with Gasteiger partial charge in [0.1, 0.15) is 23.1 Å². The number of nitrogens with zero attached hydrogens (tertiary/aromatic N) is 1. The number of aliphatic hydroxyl groups is 2. The molecule has 5 saturated carbocycles. The van der Waals surface area contributed by atoms with E-state index in [2.05, 4.69) is 11.8 Å². The second-order valence-corrected chi connectivity index (χ2v) is 14.7. The molecule has 6 fully saturated rings. The largest absolute Gasteiger partial charge is 0.497 e. The molecule has 5 aliphatic carbocycles. The number of carbonyl (C=O) groups is 2. The third-order valence-electron chi connectivity index (χ3n) is 13.4. The maximum Gasteiger partial charge on any atom is 0.338 e. The number of hydrogen-bond acceptors (Lipinski definition) is 12. The topological polar surface area (TPSA) is 142 Å². The molecule has 0 radical (unpaired) electrons. The van der Waals surface area contributed by atoms with Crippen LogP contribution in [0.3, 0.4) is 0 Å². The number of aliphatic hydroxyl groups excluding tert-OH is 1. The van der Waals surface area contributed by atoms with E-state index in [9.17, 15) is 19.8 Å². The fraction of sp³-hybridized carbons (Fsp3) is 0.771. The number of benzene rings is 1. The molecule has 1 aromatic rings. The summed E-state index contributed by atoms with van der Waals surface area (Å²) in [6.07, 6.45) is -2.70. The maximum atomic E-state index is 13.9. The number of fused-ring (bicyclic) bond motifs is 2. The molecule has 6 aliphatic rings. The monoisotopic (exact) mass is 659 g/mol. The number of hydrogen-bond donors (Lipinski definition) is 2. The zero-order valence-electron chi connectivity index (χ0n) is 28.3. The highest BCUT2D eigenvalue weighted by atomic mass is 16.6. The van der Waals surface area contributed by atoms with E-state index in [1.54, 1.807) is 52.7 Å². The summed E-state index contributed by atoms with van der Waals surface area (Å²) in [6.45, 7) is 5.04. The highest BCUT2D eigenvalue weighted by molar-refractivity contribution is 5.89. The summed E-state index contributed by atoms with van der Waals surface area (Å²) in [5.74, 6) is -2.10. The average Bonchev–Trinajstić information content (AvgIpc) is 3.43. The van der Waals surface area contributed by atoms with Gasteiger partial charge in [-0.05, 0) is 43.1 Å². The lowest BCUT2D eigenvalue weighted by atomic mass is 9.42. The second-order valence-electron chi connectivity index (χ2n) is 14.7. The third-order valence-corrected chi connectivity index (χ3v) is 13.4. The highest BCUT2D eigenvalue weighted by Gasteiger charge is 2.90. The van der Waals surface area contributed by atoms with Crippen LogP contribution in [0.15, 0.2) is 24.3 Å². The molecule has 0 aromatic heterocycles. The van der Waals surface area contributed by atoms with E-state index >= 15 is 0 Å². The van der Waals surface area contributed by atoms with Crippen LogP contribution in [-0.4, -0.2) is 130 Å². The fourth-order valence-electron chi connectivity index (χ4n) is 12.4. The molecule has 2 N–H and O–H groups in total. The number of esters is 2. The Morgan fingerprint density at radius 1 is 0.979 bits per heavy atom. The molecule has 1 aliphatic heterocycles. The van der Waals surface area contributed by atoms with E-state index in [4.69, 9.17) is 33.2 Å². The number of rotatable bonds is 10. The summed E-state index contributed by atoms with van der Waals surface area (Å²) < 4.78 is 43.2. The molecule has 47 heavy (non-hydrogen) atoms. The molecule has 7 bridgehead atoms. The average molecular weight is 660 g/mol. The van der Waals surface area contributed by atoms with E-state index in [1.807, 2.05) is 0 Å². The Bertz CT molecular complexity index is 1390. The molecule has 12 heteroatoms. The van der Waals surface area contributed by atoms with Crippen LogP contribution in [0, 0.1) is 34.5 Å². The number of methoxy groups -OCH3 is 5. The van der Waals surface area contributed by atoms with Crippen LogP contribution in [0.1, 0.15) is 43.5 Å². The van der Waals surface area contributed by atoms with Crippen molar-refractivity contribution in [3.05, 3.63) is 29.8 Å². The van der Waals surface area contributed by atoms with Gasteiger partial charge in [-0.3, -0.25) is 9.69 Å². The van der Waals surface area contributed by atoms with Gasteiger partial charge in [-0.2, -0.15) is 0 Å². The normalized spacial score (nSPS) is 47.4. The van der Waals surface area contributed by atoms with E-state index in [0.717, 1.165) is 0 Å². The van der Waals surface area contributed by atoms with Crippen molar-refractivity contribution in [2.75, 3.05) is 55.2 Å². The predicted octanol–water partition coefficient (Wildman–Crippen LogP) is 1.69. The molecule has 0 unspecified atom stereocenters. The van der Waals surface area contributed by atoms with Crippen molar-refractivity contribution in [1.82, 2.24) is 4.90 Å². The van der Waals surface area contributed by atoms with Crippen molar-refractivity contribution >= 4 is 11.9 Å². The van der Waals surface area contributed by atoms with Crippen LogP contribution in [-0.2, 0) is 33.2 Å². The maximum absolute atomic E-state index is 13.9. The Balaban J connectivity index is 1.47. The first-order valence-corrected chi connectivity index (χ1v) is 16.7. The van der Waals surface area contributed by atoms with Crippen molar-refractivity contribution in [3.8, 4) is 5.75 Å². The molecule has 1 heterocycles. The van der Waals surface area contributed by atoms with Gasteiger partial charge in [-0.25, -0.2) is 4.79 Å². The first kappa shape index (κ1) is 33.2. The molecule has 1 aromatic carbocycles. The molecule has 1 spiro atoms. The first-order chi connectivity index (χ1) is 22.5. The molecule has 14 atom stereocenters. The van der Waals surface area contributed by atoms with Crippen LogP contribution in [0.2, 0.25) is 0 Å². The summed E-state index contributed by atoms with van der Waals surface area (Å²) in [5, 5.41) is 24.8. The lowest BCUT2D eigenvalue weighted by molar-refractivity contribution is -0.300. The van der Waals surface area contributed by atoms with Gasteiger partial charge in [-0.15, -0.1) is 0 Å². The first-order valence-electron chi connectivity index (χ1n) is 16.7. The van der Waals surface area contributed by atoms with E-state index in [1.165, 1.54) is 14.0 Å². The molecular formula is C35H49NO11. The number of ether oxygens (including phenoxy) is 7. The molecular weight excluding hydrogens is 610 g/mol. The van der Waals surface area contributed by atoms with Gasteiger partial charge in [0, 0.05) is 89.4 Å². The van der Waals surface area contributed by atoms with Gasteiger partial charge >= 0.3 is 11.9 Å². The lowest BCUT2D eigenvalue weighted by Crippen LogP contribution is -2.79. The Kier molecular flexibility index (Phi) is 8.02. The van der Waals surface area contributed by atoms with Crippen molar-refractivity contribution in [3.63, 3.8) is 0 Å². The zero-order chi connectivity index (χ0) is 33.7. The minimum absolute atomic E-state index is 0.179. The quantitative estimate of drug-likeness (QED) is 0.353. The lowest BCUT2D eigenvalue weighted by Gasteiger charge is -2.70. The van der Waals surface area contributed by atoms with Gasteiger partial charge in [0.15, 0.2) is 0 Å². The second kappa shape index (κ2) is 11.4. The minimum atomic E-state index is -1.58. The van der Waals surface area contributed by atoms with Crippen LogP contribution >= 0.6 is 0 Å². The number of carbonyl (C=O) groups excluding carboxylic acids is 2. The number of likely N-dealkylation sites (tertiary alicyclic amines) is 1. The summed E-state index contributed by atoms with van der Waals surface area (Å²) in [4.78, 5) is 29.5. The Morgan fingerprint density at radius 3 is 2.26 bits per heavy atom. The van der Waals surface area contributed by atoms with Crippen LogP contribution in [0.4, 0.5) is 0 Å². The molecule has 12 nitrogen and oxygen atoms in total. The van der Waals surface area contributed by atoms with Crippen LogP contribution in [0.25, 0.3) is 0 Å². The van der Waals surface area contributed by atoms with E-state index in [-0.39, 0.29) is 30.7 Å². The van der Waals surface area contributed by atoms with Crippen molar-refractivity contribution in [2.24, 2.45) is 34.5 Å². The molecule has 7 rings (SSSR count). The van der Waals surface area contributed by atoms with Gasteiger partial charge in [0.2, 0.25) is 0 Å². The Morgan fingerprint density at radius 2 is 1.68 bits per heavy atom. The van der Waals surface area contributed by atoms with Crippen LogP contribution in [0.5, 0.6) is 5.75 Å². The van der Waals surface area contributed by atoms with Crippen molar-refractivity contribution < 1.29 is 53.0 Å². The fourth-order valence-corrected chi connectivity index (χ4v) is 12.4. The van der Waals surface area contributed by atoms with Gasteiger partial charge in [0.05, 0.1) is 43.7 Å². The Hall–Kier alpha value is -2.32. The third kappa shape index (κ3) is 4.00. The summed E-state index contributed by atoms with van der Waals surface area (Å²) in [6, 6.07) is 6.44. The van der Waals surface area contributed by atoms with Crippen molar-refractivity contribution in [1.29, 1.82) is 0 Å². The number of piperidine rings is 1. The minimum Gasteiger partial charge on any atom is -0.497 e. The highest BCUT2D eigenvalue weighted by Crippen LogP contribution is 2.80. The van der Waals surface area contributed by atoms with E-state index < -0.39 is 76.3 Å². The van der Waals surface area contributed by atoms with Gasteiger partial charge in [-0.1, -0.05) is 6.92 Å². The van der Waals surface area contributed by atoms with E-state index in [0.29, 0.717) is 37.4 Å². The summed E-state index contributed by atoms with van der Waals surface area (Å²) in [5.41, 5.74) is -3.89. The molecule has 1 saturated heterocycles. The molecule has 0 amide bonds. The van der Waals surface area contributed by atoms with Crippen molar-refractivity contribution in [2.45, 2.75) is 80.9 Å². The predicted molar refractivity (Wildman–Crippen MR) is 166 cm³/mol. The zero-order valence-corrected chi connectivity index (χ0v) is 28.3. The SMILES string of the molecule is CCN1C[C@]2(COC)[C@H](O)C[C@H](OC)[C@@]34[C@@H]5C[C@]6(O)[C@@H](OC)C[C@@](OC(C)=O)([C@H]5[C@H]6OC(=O)c5ccc(OC)cc5)[C@@H]([C@H](OC)[C@H]23)[C@@H]14. The van der Waals surface area contributed by atoms with Crippen LogP contribution < -0.4 is 4.74 Å². The summed E-state index contributed by atoms with van der Waals surface area (Å²) in [7, 11) is 8.11. The Labute approximate surface area is 275 Å². The standard InChI is InChI=1S/C35H49NO11/c1-8-36-16-32(17-41-3)22(38)13-23(43-5)35-21-14-33(40)24(44-6)15-34(47-18(2)37,26(29(35)36)27(45-7)28(32)35)25(21)30(33)46-31(39)19-9-11-20(42-4)12-10-19/h9-12,21-30,38,40H,8,13-17H2,1-7H3/t21-,22-,23+,24+,25-,26+,27+,28-,29-,30-,32+,33+,34-,35+/m1/s1. The van der Waals surface area contributed by atoms with Gasteiger partial charge < -0.3 is 43.4 Å². The summed E-state index contributed by atoms with van der Waals surface area (Å²) >= 11 is 0. The van der Waals surface area contributed by atoms with Gasteiger partial charge in [0.25, 0.3) is 0 Å². The smallest absolute Gasteiger partial charge is 0.338 e. The molecule has 260 valence electrons.